The van der Waals surface area contributed by atoms with Crippen molar-refractivity contribution in [2.24, 2.45) is 0 Å². The van der Waals surface area contributed by atoms with Gasteiger partial charge in [-0.2, -0.15) is 0 Å². The summed E-state index contributed by atoms with van der Waals surface area (Å²) in [5.74, 6) is 0.228. The first kappa shape index (κ1) is 20.7. The lowest BCUT2D eigenvalue weighted by atomic mass is 10.1. The standard InChI is InChI=1S/C22H24Cl2N2O2/c23-19-7-3-1-5-17(19)9-11-21(27)25-13-15-26(16-14-25)22(28)12-10-18-6-2-4-8-20(18)24/h1-8H,9-16H2. The third-order valence-electron chi connectivity index (χ3n) is 5.12. The van der Waals surface area contributed by atoms with Gasteiger partial charge in [0.05, 0.1) is 0 Å². The summed E-state index contributed by atoms with van der Waals surface area (Å²) in [4.78, 5) is 28.6. The molecule has 28 heavy (non-hydrogen) atoms. The summed E-state index contributed by atoms with van der Waals surface area (Å²) in [6.07, 6.45) is 2.14. The summed E-state index contributed by atoms with van der Waals surface area (Å²) in [6, 6.07) is 15.2. The smallest absolute Gasteiger partial charge is 0.223 e. The Morgan fingerprint density at radius 2 is 1.04 bits per heavy atom. The maximum atomic E-state index is 12.5. The Kier molecular flexibility index (Phi) is 7.35. The van der Waals surface area contributed by atoms with Crippen molar-refractivity contribution in [3.8, 4) is 0 Å². The molecule has 0 unspecified atom stereocenters. The van der Waals surface area contributed by atoms with Gasteiger partial charge in [0.1, 0.15) is 0 Å². The van der Waals surface area contributed by atoms with E-state index in [0.29, 0.717) is 61.9 Å². The third-order valence-corrected chi connectivity index (χ3v) is 5.85. The van der Waals surface area contributed by atoms with Crippen molar-refractivity contribution >= 4 is 35.0 Å². The van der Waals surface area contributed by atoms with Gasteiger partial charge in [-0.1, -0.05) is 59.6 Å². The van der Waals surface area contributed by atoms with Crippen molar-refractivity contribution in [3.05, 3.63) is 69.7 Å². The van der Waals surface area contributed by atoms with Crippen LogP contribution in [0.1, 0.15) is 24.0 Å². The second-order valence-electron chi connectivity index (χ2n) is 6.94. The molecule has 0 spiro atoms. The Labute approximate surface area is 176 Å². The lowest BCUT2D eigenvalue weighted by Gasteiger charge is -2.35. The highest BCUT2D eigenvalue weighted by Crippen LogP contribution is 2.19. The number of halogens is 2. The van der Waals surface area contributed by atoms with Gasteiger partial charge in [-0.25, -0.2) is 0 Å². The highest BCUT2D eigenvalue weighted by molar-refractivity contribution is 6.31. The van der Waals surface area contributed by atoms with Gasteiger partial charge in [-0.15, -0.1) is 0 Å². The summed E-state index contributed by atoms with van der Waals surface area (Å²) in [5.41, 5.74) is 1.98. The number of hydrogen-bond donors (Lipinski definition) is 0. The van der Waals surface area contributed by atoms with E-state index in [1.54, 1.807) is 0 Å². The van der Waals surface area contributed by atoms with Crippen molar-refractivity contribution in [3.63, 3.8) is 0 Å². The molecule has 0 saturated carbocycles. The van der Waals surface area contributed by atoms with Crippen LogP contribution in [-0.2, 0) is 22.4 Å². The topological polar surface area (TPSA) is 40.6 Å². The van der Waals surface area contributed by atoms with E-state index in [1.165, 1.54) is 0 Å². The predicted molar refractivity (Wildman–Crippen MR) is 113 cm³/mol. The first-order valence-corrected chi connectivity index (χ1v) is 10.3. The molecule has 148 valence electrons. The number of nitrogens with zero attached hydrogens (tertiary/aromatic N) is 2. The van der Waals surface area contributed by atoms with E-state index < -0.39 is 0 Å². The molecule has 0 aliphatic carbocycles. The van der Waals surface area contributed by atoms with Gasteiger partial charge in [0, 0.05) is 49.1 Å². The largest absolute Gasteiger partial charge is 0.339 e. The number of aryl methyl sites for hydroxylation is 2. The number of piperazine rings is 1. The maximum Gasteiger partial charge on any atom is 0.223 e. The fourth-order valence-corrected chi connectivity index (χ4v) is 3.87. The summed E-state index contributed by atoms with van der Waals surface area (Å²) in [5, 5.41) is 1.40. The molecule has 0 atom stereocenters. The lowest BCUT2D eigenvalue weighted by Crippen LogP contribution is -2.50. The van der Waals surface area contributed by atoms with E-state index in [0.717, 1.165) is 11.1 Å². The summed E-state index contributed by atoms with van der Waals surface area (Å²) < 4.78 is 0. The zero-order chi connectivity index (χ0) is 19.9. The van der Waals surface area contributed by atoms with Gasteiger partial charge in [0.25, 0.3) is 0 Å². The molecule has 1 saturated heterocycles. The molecule has 2 aromatic carbocycles. The van der Waals surface area contributed by atoms with Crippen molar-refractivity contribution < 1.29 is 9.59 Å². The molecule has 2 aromatic rings. The SMILES string of the molecule is O=C(CCc1ccccc1Cl)N1CCN(C(=O)CCc2ccccc2Cl)CC1. The molecule has 3 rings (SSSR count). The molecule has 4 nitrogen and oxygen atoms in total. The van der Waals surface area contributed by atoms with Crippen molar-refractivity contribution in [2.75, 3.05) is 26.2 Å². The van der Waals surface area contributed by atoms with Gasteiger partial charge >= 0.3 is 0 Å². The minimum atomic E-state index is 0.114. The van der Waals surface area contributed by atoms with Gasteiger partial charge in [-0.3, -0.25) is 9.59 Å². The van der Waals surface area contributed by atoms with Crippen molar-refractivity contribution in [2.45, 2.75) is 25.7 Å². The number of rotatable bonds is 6. The van der Waals surface area contributed by atoms with Crippen molar-refractivity contribution in [1.82, 2.24) is 9.80 Å². The number of benzene rings is 2. The summed E-state index contributed by atoms with van der Waals surface area (Å²) >= 11 is 12.3. The average Bonchev–Trinajstić information content (AvgIpc) is 2.72. The quantitative estimate of drug-likeness (QED) is 0.703. The highest BCUT2D eigenvalue weighted by atomic mass is 35.5. The van der Waals surface area contributed by atoms with Gasteiger partial charge in [-0.05, 0) is 36.1 Å². The fraction of sp³-hybridized carbons (Fsp3) is 0.364. The minimum Gasteiger partial charge on any atom is -0.339 e. The second kappa shape index (κ2) is 9.94. The summed E-state index contributed by atoms with van der Waals surface area (Å²) in [7, 11) is 0. The molecule has 0 N–H and O–H groups in total. The molecule has 0 aromatic heterocycles. The van der Waals surface area contributed by atoms with E-state index in [9.17, 15) is 9.59 Å². The predicted octanol–water partition coefficient (Wildman–Crippen LogP) is 4.23. The van der Waals surface area contributed by atoms with Crippen LogP contribution >= 0.6 is 23.2 Å². The van der Waals surface area contributed by atoms with Crippen molar-refractivity contribution in [1.29, 1.82) is 0 Å². The van der Waals surface area contributed by atoms with Crippen LogP contribution in [0.15, 0.2) is 48.5 Å². The molecule has 1 aliphatic heterocycles. The fourth-order valence-electron chi connectivity index (χ4n) is 3.41. The van der Waals surface area contributed by atoms with Crippen LogP contribution in [0.4, 0.5) is 0 Å². The molecule has 1 aliphatic rings. The van der Waals surface area contributed by atoms with E-state index in [4.69, 9.17) is 23.2 Å². The second-order valence-corrected chi connectivity index (χ2v) is 7.76. The Morgan fingerprint density at radius 1 is 0.679 bits per heavy atom. The zero-order valence-electron chi connectivity index (χ0n) is 15.7. The molecule has 6 heteroatoms. The number of hydrogen-bond acceptors (Lipinski definition) is 2. The first-order valence-electron chi connectivity index (χ1n) is 9.57. The van der Waals surface area contributed by atoms with E-state index in [1.807, 2.05) is 58.3 Å². The lowest BCUT2D eigenvalue weighted by molar-refractivity contribution is -0.139. The molecule has 0 radical (unpaired) electrons. The van der Waals surface area contributed by atoms with E-state index >= 15 is 0 Å². The van der Waals surface area contributed by atoms with Crippen LogP contribution in [0.25, 0.3) is 0 Å². The average molecular weight is 419 g/mol. The Balaban J connectivity index is 1.42. The molecule has 1 fully saturated rings. The van der Waals surface area contributed by atoms with Crippen LogP contribution in [-0.4, -0.2) is 47.8 Å². The zero-order valence-corrected chi connectivity index (χ0v) is 17.3. The molecular weight excluding hydrogens is 395 g/mol. The van der Waals surface area contributed by atoms with Gasteiger partial charge in [0.15, 0.2) is 0 Å². The van der Waals surface area contributed by atoms with Crippen LogP contribution < -0.4 is 0 Å². The number of amides is 2. The Bertz CT molecular complexity index is 763. The first-order chi connectivity index (χ1) is 13.5. The molecular formula is C22H24Cl2N2O2. The Morgan fingerprint density at radius 3 is 1.39 bits per heavy atom. The highest BCUT2D eigenvalue weighted by Gasteiger charge is 2.23. The number of carbonyl (C=O) groups is 2. The van der Waals surface area contributed by atoms with E-state index in [-0.39, 0.29) is 11.8 Å². The Hall–Kier alpha value is -2.04. The summed E-state index contributed by atoms with van der Waals surface area (Å²) in [6.45, 7) is 2.33. The number of carbonyl (C=O) groups excluding carboxylic acids is 2. The van der Waals surface area contributed by atoms with Gasteiger partial charge in [0.2, 0.25) is 11.8 Å². The normalized spacial score (nSPS) is 14.2. The van der Waals surface area contributed by atoms with Gasteiger partial charge < -0.3 is 9.80 Å². The molecule has 1 heterocycles. The minimum absolute atomic E-state index is 0.114. The molecule has 2 amide bonds. The van der Waals surface area contributed by atoms with Crippen LogP contribution in [0.5, 0.6) is 0 Å². The third kappa shape index (κ3) is 5.49. The maximum absolute atomic E-state index is 12.5. The monoisotopic (exact) mass is 418 g/mol. The van der Waals surface area contributed by atoms with E-state index in [2.05, 4.69) is 0 Å². The van der Waals surface area contributed by atoms with Crippen LogP contribution in [0.2, 0.25) is 10.0 Å². The molecule has 0 bridgehead atoms. The van der Waals surface area contributed by atoms with Crippen LogP contribution in [0.3, 0.4) is 0 Å². The van der Waals surface area contributed by atoms with Crippen LogP contribution in [0, 0.1) is 0 Å².